The Hall–Kier alpha value is -8.72. The summed E-state index contributed by atoms with van der Waals surface area (Å²) < 4.78 is 2.44. The zero-order valence-electron chi connectivity index (χ0n) is 36.6. The minimum absolute atomic E-state index is 0.413. The predicted octanol–water partition coefficient (Wildman–Crippen LogP) is 17.1. The van der Waals surface area contributed by atoms with Gasteiger partial charge in [0, 0.05) is 33.2 Å². The molecule has 14 rings (SSSR count). The van der Waals surface area contributed by atoms with Gasteiger partial charge in [-0.05, 0) is 127 Å². The van der Waals surface area contributed by atoms with Crippen LogP contribution in [0.5, 0.6) is 0 Å². The van der Waals surface area contributed by atoms with E-state index in [0.717, 1.165) is 22.7 Å². The normalized spacial score (nSPS) is 14.3. The van der Waals surface area contributed by atoms with Crippen LogP contribution in [0.15, 0.2) is 255 Å². The molecule has 0 fully saturated rings. The fourth-order valence-corrected chi connectivity index (χ4v) is 11.8. The highest BCUT2D eigenvalue weighted by molar-refractivity contribution is 6.11. The van der Waals surface area contributed by atoms with Crippen molar-refractivity contribution in [2.45, 2.75) is 5.41 Å². The Morgan fingerprint density at radius 2 is 0.910 bits per heavy atom. The molecule has 12 aromatic rings. The number of fused-ring (bicyclic) bond motifs is 14. The molecule has 0 N–H and O–H groups in total. The minimum Gasteiger partial charge on any atom is -0.310 e. The van der Waals surface area contributed by atoms with Crippen molar-refractivity contribution >= 4 is 49.6 Å². The van der Waals surface area contributed by atoms with Gasteiger partial charge in [0.2, 0.25) is 0 Å². The van der Waals surface area contributed by atoms with E-state index in [1.807, 2.05) is 0 Å². The van der Waals surface area contributed by atoms with Crippen LogP contribution >= 0.6 is 0 Å². The molecule has 0 radical (unpaired) electrons. The maximum Gasteiger partial charge on any atom is 0.0725 e. The summed E-state index contributed by atoms with van der Waals surface area (Å²) >= 11 is 0. The zero-order chi connectivity index (χ0) is 44.1. The molecule has 1 unspecified atom stereocenters. The lowest BCUT2D eigenvalue weighted by Crippen LogP contribution is -2.25. The van der Waals surface area contributed by atoms with E-state index >= 15 is 0 Å². The van der Waals surface area contributed by atoms with Gasteiger partial charge in [0.15, 0.2) is 0 Å². The van der Waals surface area contributed by atoms with E-state index < -0.39 is 5.41 Å². The van der Waals surface area contributed by atoms with Crippen LogP contribution in [0.3, 0.4) is 0 Å². The smallest absolute Gasteiger partial charge is 0.0725 e. The SMILES string of the molecule is c1ccc(-c2cccc3c2-c2ccccc2C32c3ccccc3-c3cc(-c4ccc(-n5c6ccccc6c6ccc(N(c7ccccc7)c7cccc8ccccc78)cc65)cc4)ccc32)cc1. The summed E-state index contributed by atoms with van der Waals surface area (Å²) in [6, 6.07) is 94.1. The lowest BCUT2D eigenvalue weighted by atomic mass is 9.70. The Bertz CT molecular complexity index is 3910. The molecule has 0 saturated heterocycles. The van der Waals surface area contributed by atoms with Crippen LogP contribution in [-0.4, -0.2) is 4.57 Å². The summed E-state index contributed by atoms with van der Waals surface area (Å²) in [6.45, 7) is 0. The molecule has 1 heterocycles. The topological polar surface area (TPSA) is 8.17 Å². The Morgan fingerprint density at radius 1 is 0.313 bits per heavy atom. The molecule has 2 aliphatic rings. The number of para-hydroxylation sites is 2. The second kappa shape index (κ2) is 14.7. The maximum absolute atomic E-state index is 2.44. The van der Waals surface area contributed by atoms with Crippen LogP contribution in [0.4, 0.5) is 17.1 Å². The molecule has 1 atom stereocenters. The number of nitrogens with zero attached hydrogens (tertiary/aromatic N) is 2. The summed E-state index contributed by atoms with van der Waals surface area (Å²) in [7, 11) is 0. The third kappa shape index (κ3) is 5.45. The minimum atomic E-state index is -0.413. The third-order valence-corrected chi connectivity index (χ3v) is 14.6. The standard InChI is InChI=1S/C65H42N2/c1-3-17-45(18-4-1)51-27-16-30-60-64(51)55-26-10-13-29-58(55)65(60)57-28-12-9-24-52(57)56-41-46(35-40-59(56)65)43-33-36-48(37-34-43)67-62-31-14-11-25-53(62)54-39-38-49(42-63(54)67)66(47-21-5-2-6-22-47)61-32-15-20-44-19-7-8-23-50(44)61/h1-42H. The van der Waals surface area contributed by atoms with Gasteiger partial charge in [-0.1, -0.05) is 200 Å². The fourth-order valence-electron chi connectivity index (χ4n) is 11.8. The highest BCUT2D eigenvalue weighted by Crippen LogP contribution is 2.64. The van der Waals surface area contributed by atoms with Crippen molar-refractivity contribution in [2.75, 3.05) is 4.90 Å². The van der Waals surface area contributed by atoms with E-state index in [4.69, 9.17) is 0 Å². The summed E-state index contributed by atoms with van der Waals surface area (Å²) in [5, 5.41) is 4.90. The monoisotopic (exact) mass is 850 g/mol. The molecule has 2 nitrogen and oxygen atoms in total. The average Bonchev–Trinajstić information content (AvgIpc) is 4.01. The zero-order valence-corrected chi connectivity index (χ0v) is 36.6. The number of hydrogen-bond acceptors (Lipinski definition) is 1. The first-order chi connectivity index (χ1) is 33.3. The van der Waals surface area contributed by atoms with Crippen molar-refractivity contribution in [1.29, 1.82) is 0 Å². The Balaban J connectivity index is 0.902. The van der Waals surface area contributed by atoms with E-state index in [9.17, 15) is 0 Å². The highest BCUT2D eigenvalue weighted by atomic mass is 15.1. The van der Waals surface area contributed by atoms with Crippen LogP contribution < -0.4 is 4.90 Å². The van der Waals surface area contributed by atoms with Gasteiger partial charge in [0.25, 0.3) is 0 Å². The van der Waals surface area contributed by atoms with Crippen LogP contribution in [0.2, 0.25) is 0 Å². The molecule has 2 heteroatoms. The van der Waals surface area contributed by atoms with Crippen molar-refractivity contribution in [1.82, 2.24) is 4.57 Å². The molecule has 0 saturated carbocycles. The maximum atomic E-state index is 2.44. The van der Waals surface area contributed by atoms with Crippen LogP contribution in [0.1, 0.15) is 22.3 Å². The van der Waals surface area contributed by atoms with Crippen LogP contribution in [0.25, 0.3) is 82.8 Å². The Labute approximate surface area is 389 Å². The second-order valence-electron chi connectivity index (χ2n) is 18.0. The van der Waals surface area contributed by atoms with Gasteiger partial charge in [-0.15, -0.1) is 0 Å². The quantitative estimate of drug-likeness (QED) is 0.162. The van der Waals surface area contributed by atoms with Gasteiger partial charge in [-0.2, -0.15) is 0 Å². The summed E-state index contributed by atoms with van der Waals surface area (Å²) in [5.74, 6) is 0. The second-order valence-corrected chi connectivity index (χ2v) is 18.0. The van der Waals surface area contributed by atoms with E-state index in [1.54, 1.807) is 0 Å². The molecule has 1 spiro atoms. The molecular formula is C65H42N2. The van der Waals surface area contributed by atoms with Gasteiger partial charge >= 0.3 is 0 Å². The molecule has 11 aromatic carbocycles. The average molecular weight is 851 g/mol. The molecule has 0 aliphatic heterocycles. The van der Waals surface area contributed by atoms with E-state index in [-0.39, 0.29) is 0 Å². The molecule has 67 heavy (non-hydrogen) atoms. The van der Waals surface area contributed by atoms with E-state index in [0.29, 0.717) is 0 Å². The van der Waals surface area contributed by atoms with Crippen molar-refractivity contribution in [3.8, 4) is 50.2 Å². The molecule has 1 aromatic heterocycles. The predicted molar refractivity (Wildman–Crippen MR) is 280 cm³/mol. The first-order valence-electron chi connectivity index (χ1n) is 23.3. The summed E-state index contributed by atoms with van der Waals surface area (Å²) in [5.41, 5.74) is 22.0. The van der Waals surface area contributed by atoms with Gasteiger partial charge in [-0.25, -0.2) is 0 Å². The van der Waals surface area contributed by atoms with Crippen molar-refractivity contribution in [3.05, 3.63) is 277 Å². The molecule has 0 amide bonds. The van der Waals surface area contributed by atoms with Crippen molar-refractivity contribution < 1.29 is 0 Å². The van der Waals surface area contributed by atoms with Crippen molar-refractivity contribution in [2.24, 2.45) is 0 Å². The van der Waals surface area contributed by atoms with E-state index in [2.05, 4.69) is 264 Å². The number of benzene rings is 11. The molecule has 2 aliphatic carbocycles. The number of hydrogen-bond donors (Lipinski definition) is 0. The lowest BCUT2D eigenvalue weighted by Gasteiger charge is -2.30. The lowest BCUT2D eigenvalue weighted by molar-refractivity contribution is 0.794. The van der Waals surface area contributed by atoms with Gasteiger partial charge in [0.05, 0.1) is 22.1 Å². The third-order valence-electron chi connectivity index (χ3n) is 14.6. The largest absolute Gasteiger partial charge is 0.310 e. The molecule has 0 bridgehead atoms. The fraction of sp³-hybridized carbons (Fsp3) is 0.0154. The van der Waals surface area contributed by atoms with E-state index in [1.165, 1.54) is 99.3 Å². The van der Waals surface area contributed by atoms with Crippen LogP contribution in [-0.2, 0) is 5.41 Å². The Morgan fingerprint density at radius 3 is 1.75 bits per heavy atom. The van der Waals surface area contributed by atoms with Gasteiger partial charge in [0.1, 0.15) is 0 Å². The first-order valence-corrected chi connectivity index (χ1v) is 23.3. The number of rotatable bonds is 6. The summed E-state index contributed by atoms with van der Waals surface area (Å²) in [6.07, 6.45) is 0. The highest BCUT2D eigenvalue weighted by Gasteiger charge is 2.52. The molecular weight excluding hydrogens is 809 g/mol. The molecule has 312 valence electrons. The number of anilines is 3. The first kappa shape index (κ1) is 37.6. The Kier molecular flexibility index (Phi) is 8.23. The summed E-state index contributed by atoms with van der Waals surface area (Å²) in [4.78, 5) is 2.40. The van der Waals surface area contributed by atoms with Crippen LogP contribution in [0, 0.1) is 0 Å². The number of aromatic nitrogens is 1. The van der Waals surface area contributed by atoms with Crippen molar-refractivity contribution in [3.63, 3.8) is 0 Å². The van der Waals surface area contributed by atoms with Gasteiger partial charge in [-0.3, -0.25) is 0 Å². The van der Waals surface area contributed by atoms with Gasteiger partial charge < -0.3 is 9.47 Å².